The van der Waals surface area contributed by atoms with Crippen molar-refractivity contribution in [2.45, 2.75) is 12.8 Å². The molecule has 0 bridgehead atoms. The number of aliphatic hydroxyl groups is 1. The van der Waals surface area contributed by atoms with Crippen LogP contribution in [-0.2, 0) is 4.79 Å². The summed E-state index contributed by atoms with van der Waals surface area (Å²) < 4.78 is 5.21. The van der Waals surface area contributed by atoms with Gasteiger partial charge in [0.1, 0.15) is 12.0 Å². The number of rotatable bonds is 5. The molecule has 3 nitrogen and oxygen atoms in total. The van der Waals surface area contributed by atoms with Gasteiger partial charge in [0.05, 0.1) is 13.7 Å². The topological polar surface area (TPSA) is 46.5 Å². The maximum Gasteiger partial charge on any atom is 0.142 e. The Bertz CT molecular complexity index is 383. The summed E-state index contributed by atoms with van der Waals surface area (Å²) in [6.45, 7) is 1.92. The molecule has 1 atom stereocenters. The van der Waals surface area contributed by atoms with Gasteiger partial charge in [-0.3, -0.25) is 4.79 Å². The van der Waals surface area contributed by atoms with Crippen molar-refractivity contribution in [1.29, 1.82) is 0 Å². The van der Waals surface area contributed by atoms with E-state index in [1.54, 1.807) is 13.2 Å². The minimum atomic E-state index is -0.167. The first kappa shape index (κ1) is 12.5. The Morgan fingerprint density at radius 3 is 2.81 bits per heavy atom. The number of aliphatic hydroxyl groups excluding tert-OH is 1. The Morgan fingerprint density at radius 1 is 1.50 bits per heavy atom. The van der Waals surface area contributed by atoms with Crippen LogP contribution in [0.1, 0.15) is 17.0 Å². The minimum absolute atomic E-state index is 0.0312. The van der Waals surface area contributed by atoms with Crippen molar-refractivity contribution in [3.63, 3.8) is 0 Å². The predicted octanol–water partition coefficient (Wildman–Crippen LogP) is 1.83. The number of methoxy groups -OCH3 is 1. The molecule has 0 aromatic heterocycles. The van der Waals surface area contributed by atoms with Gasteiger partial charge < -0.3 is 9.84 Å². The zero-order valence-electron chi connectivity index (χ0n) is 9.51. The Hall–Kier alpha value is -1.61. The molecule has 0 aliphatic carbocycles. The van der Waals surface area contributed by atoms with Gasteiger partial charge in [-0.2, -0.15) is 0 Å². The molecule has 0 spiro atoms. The van der Waals surface area contributed by atoms with Crippen LogP contribution >= 0.6 is 0 Å². The monoisotopic (exact) mass is 220 g/mol. The summed E-state index contributed by atoms with van der Waals surface area (Å²) in [6, 6.07) is 5.74. The number of hydrogen-bond donors (Lipinski definition) is 1. The van der Waals surface area contributed by atoms with Crippen LogP contribution < -0.4 is 4.74 Å². The molecule has 0 saturated carbocycles. The molecule has 0 radical (unpaired) electrons. The van der Waals surface area contributed by atoms with Crippen LogP contribution in [0.4, 0.5) is 0 Å². The molecule has 0 heterocycles. The van der Waals surface area contributed by atoms with E-state index in [4.69, 9.17) is 4.74 Å². The number of benzene rings is 1. The van der Waals surface area contributed by atoms with E-state index in [-0.39, 0.29) is 12.5 Å². The summed E-state index contributed by atoms with van der Waals surface area (Å²) in [7, 11) is 1.61. The maximum atomic E-state index is 10.2. The van der Waals surface area contributed by atoms with E-state index in [2.05, 4.69) is 0 Å². The van der Waals surface area contributed by atoms with Gasteiger partial charge in [0.25, 0.3) is 0 Å². The lowest BCUT2D eigenvalue weighted by Gasteiger charge is -2.12. The second-order valence-electron chi connectivity index (χ2n) is 3.54. The van der Waals surface area contributed by atoms with Crippen molar-refractivity contribution < 1.29 is 14.6 Å². The zero-order chi connectivity index (χ0) is 12.0. The Balaban J connectivity index is 3.01. The summed E-state index contributed by atoms with van der Waals surface area (Å²) in [5.74, 6) is 0.621. The molecule has 1 unspecified atom stereocenters. The summed E-state index contributed by atoms with van der Waals surface area (Å²) in [4.78, 5) is 10.2. The van der Waals surface area contributed by atoms with Crippen LogP contribution in [0.15, 0.2) is 30.4 Å². The Morgan fingerprint density at radius 2 is 2.25 bits per heavy atom. The molecule has 1 aromatic carbocycles. The van der Waals surface area contributed by atoms with Gasteiger partial charge in [-0.1, -0.05) is 18.2 Å². The highest BCUT2D eigenvalue weighted by Crippen LogP contribution is 2.24. The van der Waals surface area contributed by atoms with Gasteiger partial charge in [0.2, 0.25) is 0 Å². The summed E-state index contributed by atoms with van der Waals surface area (Å²) >= 11 is 0. The lowest BCUT2D eigenvalue weighted by Crippen LogP contribution is -2.01. The van der Waals surface area contributed by atoms with Gasteiger partial charge in [0.15, 0.2) is 0 Å². The van der Waals surface area contributed by atoms with Gasteiger partial charge in [-0.25, -0.2) is 0 Å². The summed E-state index contributed by atoms with van der Waals surface area (Å²) in [5.41, 5.74) is 1.98. The lowest BCUT2D eigenvalue weighted by atomic mass is 9.98. The number of carbonyl (C=O) groups excluding carboxylic acids is 1. The van der Waals surface area contributed by atoms with Crippen molar-refractivity contribution in [3.05, 3.63) is 41.5 Å². The van der Waals surface area contributed by atoms with Crippen LogP contribution in [-0.4, -0.2) is 25.1 Å². The van der Waals surface area contributed by atoms with E-state index in [1.165, 1.54) is 6.08 Å². The lowest BCUT2D eigenvalue weighted by molar-refractivity contribution is -0.104. The predicted molar refractivity (Wildman–Crippen MR) is 62.8 cm³/mol. The smallest absolute Gasteiger partial charge is 0.142 e. The van der Waals surface area contributed by atoms with E-state index in [0.29, 0.717) is 6.29 Å². The highest BCUT2D eigenvalue weighted by molar-refractivity contribution is 5.65. The van der Waals surface area contributed by atoms with Crippen LogP contribution in [0, 0.1) is 6.92 Å². The quantitative estimate of drug-likeness (QED) is 0.608. The summed E-state index contributed by atoms with van der Waals surface area (Å²) in [6.07, 6.45) is 3.78. The third kappa shape index (κ3) is 2.94. The molecule has 0 aliphatic heterocycles. The van der Waals surface area contributed by atoms with Crippen molar-refractivity contribution >= 4 is 6.29 Å². The Kier molecular flexibility index (Phi) is 4.73. The molecular formula is C13H16O3. The number of ether oxygens (including phenoxy) is 1. The Labute approximate surface area is 95.4 Å². The zero-order valence-corrected chi connectivity index (χ0v) is 9.51. The highest BCUT2D eigenvalue weighted by atomic mass is 16.5. The molecule has 1 N–H and O–H groups in total. The summed E-state index contributed by atoms with van der Waals surface area (Å²) in [5, 5.41) is 9.23. The minimum Gasteiger partial charge on any atom is -0.496 e. The average Bonchev–Trinajstić information content (AvgIpc) is 2.32. The van der Waals surface area contributed by atoms with Crippen molar-refractivity contribution in [3.8, 4) is 5.75 Å². The van der Waals surface area contributed by atoms with E-state index >= 15 is 0 Å². The van der Waals surface area contributed by atoms with Gasteiger partial charge in [-0.15, -0.1) is 0 Å². The molecule has 86 valence electrons. The molecule has 16 heavy (non-hydrogen) atoms. The number of aldehydes is 1. The van der Waals surface area contributed by atoms with E-state index in [1.807, 2.05) is 25.1 Å². The normalized spacial score (nSPS) is 12.7. The van der Waals surface area contributed by atoms with Gasteiger partial charge >= 0.3 is 0 Å². The number of allylic oxidation sites excluding steroid dienone is 1. The highest BCUT2D eigenvalue weighted by Gasteiger charge is 2.08. The molecule has 0 saturated heterocycles. The first-order chi connectivity index (χ1) is 7.72. The molecular weight excluding hydrogens is 204 g/mol. The maximum absolute atomic E-state index is 10.2. The molecule has 0 fully saturated rings. The largest absolute Gasteiger partial charge is 0.496 e. The first-order valence-corrected chi connectivity index (χ1v) is 5.10. The average molecular weight is 220 g/mol. The fraction of sp³-hybridized carbons (Fsp3) is 0.308. The fourth-order valence-electron chi connectivity index (χ4n) is 1.52. The van der Waals surface area contributed by atoms with Crippen LogP contribution in [0.5, 0.6) is 5.75 Å². The molecule has 0 aliphatic rings. The van der Waals surface area contributed by atoms with Crippen molar-refractivity contribution in [2.75, 3.05) is 13.7 Å². The van der Waals surface area contributed by atoms with E-state index < -0.39 is 0 Å². The number of aryl methyl sites for hydroxylation is 1. The van der Waals surface area contributed by atoms with Crippen LogP contribution in [0.3, 0.4) is 0 Å². The van der Waals surface area contributed by atoms with E-state index in [0.717, 1.165) is 16.9 Å². The SMILES string of the molecule is COc1cc(C(/C=C/C=O)CO)ccc1C. The van der Waals surface area contributed by atoms with Crippen molar-refractivity contribution in [2.24, 2.45) is 0 Å². The van der Waals surface area contributed by atoms with Gasteiger partial charge in [0, 0.05) is 5.92 Å². The first-order valence-electron chi connectivity index (χ1n) is 5.10. The number of carbonyl (C=O) groups is 1. The number of hydrogen-bond acceptors (Lipinski definition) is 3. The molecule has 1 rings (SSSR count). The van der Waals surface area contributed by atoms with Crippen LogP contribution in [0.2, 0.25) is 0 Å². The standard InChI is InChI=1S/C13H16O3/c1-10-5-6-11(8-13(10)16-2)12(9-15)4-3-7-14/h3-8,12,15H,9H2,1-2H3/b4-3+. The third-order valence-corrected chi connectivity index (χ3v) is 2.48. The molecule has 1 aromatic rings. The van der Waals surface area contributed by atoms with Crippen molar-refractivity contribution in [1.82, 2.24) is 0 Å². The second kappa shape index (κ2) is 6.08. The third-order valence-electron chi connectivity index (χ3n) is 2.48. The van der Waals surface area contributed by atoms with Gasteiger partial charge in [-0.05, 0) is 30.2 Å². The fourth-order valence-corrected chi connectivity index (χ4v) is 1.52. The molecule has 3 heteroatoms. The second-order valence-corrected chi connectivity index (χ2v) is 3.54. The van der Waals surface area contributed by atoms with Crippen LogP contribution in [0.25, 0.3) is 0 Å². The molecule has 0 amide bonds. The van der Waals surface area contributed by atoms with E-state index in [9.17, 15) is 9.90 Å².